The van der Waals surface area contributed by atoms with Crippen molar-refractivity contribution in [2.24, 2.45) is 0 Å². The minimum Gasteiger partial charge on any atom is -0.505 e. The van der Waals surface area contributed by atoms with Crippen LogP contribution in [0.2, 0.25) is 0 Å². The second-order valence-electron chi connectivity index (χ2n) is 6.85. The highest BCUT2D eigenvalue weighted by Gasteiger charge is 2.20. The van der Waals surface area contributed by atoms with Crippen molar-refractivity contribution in [3.63, 3.8) is 0 Å². The zero-order valence-electron chi connectivity index (χ0n) is 16.8. The zero-order valence-corrected chi connectivity index (χ0v) is 16.8. The Morgan fingerprint density at radius 1 is 1.10 bits per heavy atom. The summed E-state index contributed by atoms with van der Waals surface area (Å²) in [7, 11) is 3.00. The average Bonchev–Trinajstić information content (AvgIpc) is 2.77. The largest absolute Gasteiger partial charge is 0.505 e. The number of carbonyl (C=O) groups excluding carboxylic acids is 1. The third-order valence-electron chi connectivity index (χ3n) is 4.44. The summed E-state index contributed by atoms with van der Waals surface area (Å²) in [5.74, 6) is -0.980. The maximum atomic E-state index is 12.5. The smallest absolute Gasteiger partial charge is 0.288 e. The van der Waals surface area contributed by atoms with E-state index in [1.54, 1.807) is 0 Å². The summed E-state index contributed by atoms with van der Waals surface area (Å²) >= 11 is 0. The molecule has 10 nitrogen and oxygen atoms in total. The molecule has 1 heterocycles. The van der Waals surface area contributed by atoms with Gasteiger partial charge < -0.3 is 20.6 Å². The number of phenolic OH excluding ortho intramolecular Hbond substituents is 1. The number of phenols is 1. The molecular formula is C21H20N6O4. The van der Waals surface area contributed by atoms with E-state index in [4.69, 9.17) is 0 Å². The molecule has 158 valence electrons. The molecule has 0 aliphatic rings. The van der Waals surface area contributed by atoms with Crippen LogP contribution in [0.15, 0.2) is 52.1 Å². The minimum absolute atomic E-state index is 0.0603. The van der Waals surface area contributed by atoms with E-state index in [0.29, 0.717) is 0 Å². The minimum atomic E-state index is -0.669. The molecule has 3 rings (SSSR count). The summed E-state index contributed by atoms with van der Waals surface area (Å²) in [4.78, 5) is 38.4. The molecule has 31 heavy (non-hydrogen) atoms. The Kier molecular flexibility index (Phi) is 6.07. The Morgan fingerprint density at radius 2 is 1.74 bits per heavy atom. The Balaban J connectivity index is 2.05. The van der Waals surface area contributed by atoms with Crippen LogP contribution in [0.3, 0.4) is 0 Å². The van der Waals surface area contributed by atoms with Crippen molar-refractivity contribution in [3.05, 3.63) is 79.9 Å². The molecular weight excluding hydrogens is 400 g/mol. The van der Waals surface area contributed by atoms with Gasteiger partial charge in [-0.25, -0.2) is 0 Å². The second-order valence-corrected chi connectivity index (χ2v) is 6.85. The van der Waals surface area contributed by atoms with E-state index in [2.05, 4.69) is 20.8 Å². The van der Waals surface area contributed by atoms with E-state index in [0.717, 1.165) is 5.56 Å². The fraction of sp³-hybridized carbons (Fsp3) is 0.143. The first-order chi connectivity index (χ1) is 14.8. The predicted octanol–water partition coefficient (Wildman–Crippen LogP) is 1.70. The van der Waals surface area contributed by atoms with Crippen molar-refractivity contribution >= 4 is 23.0 Å². The van der Waals surface area contributed by atoms with Crippen LogP contribution < -0.4 is 21.8 Å². The molecule has 0 aliphatic carbocycles. The molecule has 0 spiro atoms. The first-order valence-electron chi connectivity index (χ1n) is 9.20. The maximum Gasteiger partial charge on any atom is 0.288 e. The Morgan fingerprint density at radius 3 is 2.35 bits per heavy atom. The molecule has 0 saturated heterocycles. The molecule has 0 radical (unpaired) electrons. The number of H-pyrrole nitrogens is 2. The van der Waals surface area contributed by atoms with Crippen molar-refractivity contribution in [3.8, 4) is 11.8 Å². The molecule has 0 atom stereocenters. The lowest BCUT2D eigenvalue weighted by Gasteiger charge is -2.16. The summed E-state index contributed by atoms with van der Waals surface area (Å²) in [6.07, 6.45) is 0. The van der Waals surface area contributed by atoms with Crippen LogP contribution in [0, 0.1) is 11.3 Å². The Hall–Kier alpha value is -4.52. The number of hydrogen-bond donors (Lipinski definition) is 5. The fourth-order valence-electron chi connectivity index (χ4n) is 2.87. The fourth-order valence-corrected chi connectivity index (χ4v) is 2.87. The monoisotopic (exact) mass is 420 g/mol. The quantitative estimate of drug-likeness (QED) is 0.380. The first-order valence-corrected chi connectivity index (χ1v) is 9.20. The molecule has 0 fully saturated rings. The predicted molar refractivity (Wildman–Crippen MR) is 116 cm³/mol. The third kappa shape index (κ3) is 4.56. The highest BCUT2D eigenvalue weighted by Crippen LogP contribution is 2.33. The SMILES string of the molecule is CN(C)C(=O)c1cc(C#N)cc(Nc2c(NCc3ccccc3)c(=O)[nH][nH]c2=O)c1O. The van der Waals surface area contributed by atoms with E-state index >= 15 is 0 Å². The number of nitrogens with one attached hydrogen (secondary N) is 4. The lowest BCUT2D eigenvalue weighted by molar-refractivity contribution is 0.0824. The van der Waals surface area contributed by atoms with Crippen LogP contribution in [0.4, 0.5) is 17.1 Å². The lowest BCUT2D eigenvalue weighted by atomic mass is 10.1. The molecule has 0 bridgehead atoms. The molecule has 5 N–H and O–H groups in total. The molecule has 1 aromatic heterocycles. The highest BCUT2D eigenvalue weighted by atomic mass is 16.3. The lowest BCUT2D eigenvalue weighted by Crippen LogP contribution is -2.26. The van der Waals surface area contributed by atoms with Crippen molar-refractivity contribution in [1.82, 2.24) is 15.1 Å². The number of aromatic amines is 2. The van der Waals surface area contributed by atoms with E-state index in [1.807, 2.05) is 36.4 Å². The normalized spacial score (nSPS) is 10.2. The van der Waals surface area contributed by atoms with Crippen molar-refractivity contribution in [2.75, 3.05) is 24.7 Å². The van der Waals surface area contributed by atoms with Crippen molar-refractivity contribution < 1.29 is 9.90 Å². The van der Waals surface area contributed by atoms with Crippen molar-refractivity contribution in [1.29, 1.82) is 5.26 Å². The number of nitriles is 1. The number of benzene rings is 2. The molecule has 0 aliphatic heterocycles. The van der Waals surface area contributed by atoms with Crippen LogP contribution in [0.1, 0.15) is 21.5 Å². The topological polar surface area (TPSA) is 154 Å². The summed E-state index contributed by atoms with van der Waals surface area (Å²) in [5.41, 5.74) is -0.722. The number of rotatable bonds is 6. The van der Waals surface area contributed by atoms with Gasteiger partial charge in [0.2, 0.25) is 0 Å². The van der Waals surface area contributed by atoms with Crippen LogP contribution in [0.25, 0.3) is 0 Å². The molecule has 0 saturated carbocycles. The summed E-state index contributed by atoms with van der Waals surface area (Å²) < 4.78 is 0. The standard InChI is InChI=1S/C21H20N6O4/c1-27(2)21(31)14-8-13(10-22)9-15(18(14)28)24-17-16(19(29)25-26-20(17)30)23-11-12-6-4-3-5-7-12/h3-9,28H,11H2,1-2H3,(H2,23,26,30)(H2,24,25,29). The van der Waals surface area contributed by atoms with E-state index in [9.17, 15) is 24.8 Å². The van der Waals surface area contributed by atoms with Gasteiger partial charge in [-0.3, -0.25) is 24.6 Å². The number of hydrogen-bond acceptors (Lipinski definition) is 7. The average molecular weight is 420 g/mol. The zero-order chi connectivity index (χ0) is 22.5. The van der Waals surface area contributed by atoms with Crippen molar-refractivity contribution in [2.45, 2.75) is 6.54 Å². The van der Waals surface area contributed by atoms with Crippen LogP contribution in [-0.4, -0.2) is 40.2 Å². The van der Waals surface area contributed by atoms with Gasteiger partial charge in [0.15, 0.2) is 5.75 Å². The summed E-state index contributed by atoms with van der Waals surface area (Å²) in [6.45, 7) is 0.261. The molecule has 0 unspecified atom stereocenters. The number of carbonyl (C=O) groups is 1. The maximum absolute atomic E-state index is 12.5. The summed E-state index contributed by atoms with van der Waals surface area (Å²) in [6, 6.07) is 13.7. The Bertz CT molecular complexity index is 1270. The first kappa shape index (κ1) is 21.2. The van der Waals surface area contributed by atoms with Gasteiger partial charge in [-0.15, -0.1) is 0 Å². The van der Waals surface area contributed by atoms with E-state index < -0.39 is 22.8 Å². The van der Waals surface area contributed by atoms with Gasteiger partial charge in [0.05, 0.1) is 22.9 Å². The molecule has 3 aromatic rings. The van der Waals surface area contributed by atoms with Gasteiger partial charge in [-0.1, -0.05) is 30.3 Å². The Labute approximate surface area is 176 Å². The van der Waals surface area contributed by atoms with Gasteiger partial charge >= 0.3 is 0 Å². The number of anilines is 3. The van der Waals surface area contributed by atoms with E-state index in [-0.39, 0.29) is 34.7 Å². The number of amides is 1. The van der Waals surface area contributed by atoms with Gasteiger partial charge in [0, 0.05) is 20.6 Å². The number of aromatic nitrogens is 2. The number of aromatic hydroxyl groups is 1. The molecule has 2 aromatic carbocycles. The van der Waals surface area contributed by atoms with Gasteiger partial charge in [0.25, 0.3) is 17.0 Å². The highest BCUT2D eigenvalue weighted by molar-refractivity contribution is 5.99. The van der Waals surface area contributed by atoms with Gasteiger partial charge in [0.1, 0.15) is 11.4 Å². The molecule has 1 amide bonds. The van der Waals surface area contributed by atoms with Gasteiger partial charge in [-0.2, -0.15) is 5.26 Å². The number of nitrogens with zero attached hydrogens (tertiary/aromatic N) is 2. The summed E-state index contributed by atoms with van der Waals surface area (Å²) in [5, 5.41) is 30.0. The second kappa shape index (κ2) is 8.87. The van der Waals surface area contributed by atoms with Crippen LogP contribution >= 0.6 is 0 Å². The van der Waals surface area contributed by atoms with E-state index in [1.165, 1.54) is 31.1 Å². The molecule has 10 heteroatoms. The van der Waals surface area contributed by atoms with Crippen LogP contribution in [-0.2, 0) is 6.54 Å². The third-order valence-corrected chi connectivity index (χ3v) is 4.44. The van der Waals surface area contributed by atoms with Crippen LogP contribution in [0.5, 0.6) is 5.75 Å². The van der Waals surface area contributed by atoms with Gasteiger partial charge in [-0.05, 0) is 17.7 Å².